The number of amides is 1. The average molecular weight is 382 g/mol. The highest BCUT2D eigenvalue weighted by atomic mass is 16.6. The van der Waals surface area contributed by atoms with Gasteiger partial charge in [-0.3, -0.25) is 4.99 Å². The first kappa shape index (κ1) is 21.8. The van der Waals surface area contributed by atoms with Gasteiger partial charge in [-0.2, -0.15) is 0 Å². The normalized spacial score (nSPS) is 24.3. The summed E-state index contributed by atoms with van der Waals surface area (Å²) in [5.74, 6) is 1.63. The zero-order valence-corrected chi connectivity index (χ0v) is 17.9. The monoisotopic (exact) mass is 381 g/mol. The predicted octanol–water partition coefficient (Wildman–Crippen LogP) is 2.28. The molecule has 2 atom stereocenters. The van der Waals surface area contributed by atoms with Gasteiger partial charge in [-0.25, -0.2) is 4.79 Å². The number of aliphatic imine (C=N–C) groups is 1. The molecule has 2 aliphatic rings. The predicted molar refractivity (Wildman–Crippen MR) is 110 cm³/mol. The molecule has 2 rings (SSSR count). The molecular weight excluding hydrogens is 342 g/mol. The zero-order chi connectivity index (χ0) is 19.9. The second-order valence-electron chi connectivity index (χ2n) is 8.73. The Morgan fingerprint density at radius 3 is 2.63 bits per heavy atom. The van der Waals surface area contributed by atoms with Gasteiger partial charge in [-0.05, 0) is 66.0 Å². The Labute approximate surface area is 164 Å². The van der Waals surface area contributed by atoms with Crippen molar-refractivity contribution < 1.29 is 9.53 Å². The Hall–Kier alpha value is -1.50. The summed E-state index contributed by atoms with van der Waals surface area (Å²) in [5, 5.41) is 6.40. The summed E-state index contributed by atoms with van der Waals surface area (Å²) < 4.78 is 5.37. The second-order valence-corrected chi connectivity index (χ2v) is 8.73. The molecule has 0 spiro atoms. The molecule has 7 nitrogen and oxygen atoms in total. The fraction of sp³-hybridized carbons (Fsp3) is 0.900. The topological polar surface area (TPSA) is 69.2 Å². The van der Waals surface area contributed by atoms with Gasteiger partial charge in [0.25, 0.3) is 0 Å². The molecule has 2 fully saturated rings. The van der Waals surface area contributed by atoms with Crippen LogP contribution in [0.5, 0.6) is 0 Å². The Morgan fingerprint density at radius 2 is 1.96 bits per heavy atom. The SMILES string of the molecule is CCCN1CCC(CN=C(NCC)N2CCC(NC(=O)OC(C)(C)C)C2)C1. The molecule has 0 aliphatic carbocycles. The van der Waals surface area contributed by atoms with Crippen LogP contribution in [-0.4, -0.2) is 79.3 Å². The summed E-state index contributed by atoms with van der Waals surface area (Å²) in [5.41, 5.74) is -0.467. The van der Waals surface area contributed by atoms with Crippen LogP contribution in [0.25, 0.3) is 0 Å². The van der Waals surface area contributed by atoms with Gasteiger partial charge in [0, 0.05) is 32.7 Å². The van der Waals surface area contributed by atoms with Gasteiger partial charge in [-0.1, -0.05) is 6.92 Å². The number of guanidine groups is 1. The molecule has 0 aromatic carbocycles. The van der Waals surface area contributed by atoms with Crippen molar-refractivity contribution in [2.45, 2.75) is 65.5 Å². The van der Waals surface area contributed by atoms with E-state index in [2.05, 4.69) is 34.3 Å². The maximum atomic E-state index is 12.0. The van der Waals surface area contributed by atoms with Gasteiger partial charge >= 0.3 is 6.09 Å². The molecule has 0 aromatic rings. The molecule has 156 valence electrons. The number of ether oxygens (including phenoxy) is 1. The summed E-state index contributed by atoms with van der Waals surface area (Å²) in [6, 6.07) is 0.107. The number of carbonyl (C=O) groups is 1. The molecule has 2 aliphatic heterocycles. The van der Waals surface area contributed by atoms with Crippen LogP contribution in [0.2, 0.25) is 0 Å². The summed E-state index contributed by atoms with van der Waals surface area (Å²) in [7, 11) is 0. The highest BCUT2D eigenvalue weighted by Crippen LogP contribution is 2.17. The van der Waals surface area contributed by atoms with Gasteiger partial charge in [0.2, 0.25) is 0 Å². The molecule has 27 heavy (non-hydrogen) atoms. The third-order valence-electron chi connectivity index (χ3n) is 4.95. The molecule has 0 radical (unpaired) electrons. The van der Waals surface area contributed by atoms with E-state index < -0.39 is 5.60 Å². The number of carbonyl (C=O) groups excluding carboxylic acids is 1. The van der Waals surface area contributed by atoms with Gasteiger partial charge < -0.3 is 25.2 Å². The van der Waals surface area contributed by atoms with E-state index in [0.29, 0.717) is 5.92 Å². The zero-order valence-electron chi connectivity index (χ0n) is 17.9. The van der Waals surface area contributed by atoms with E-state index in [4.69, 9.17) is 9.73 Å². The van der Waals surface area contributed by atoms with Gasteiger partial charge in [0.15, 0.2) is 5.96 Å². The molecule has 2 saturated heterocycles. The van der Waals surface area contributed by atoms with Crippen molar-refractivity contribution >= 4 is 12.1 Å². The summed E-state index contributed by atoms with van der Waals surface area (Å²) >= 11 is 0. The highest BCUT2D eigenvalue weighted by molar-refractivity contribution is 5.80. The number of hydrogen-bond donors (Lipinski definition) is 2. The van der Waals surface area contributed by atoms with Crippen LogP contribution >= 0.6 is 0 Å². The lowest BCUT2D eigenvalue weighted by Gasteiger charge is -2.23. The lowest BCUT2D eigenvalue weighted by Crippen LogP contribution is -2.44. The Morgan fingerprint density at radius 1 is 1.19 bits per heavy atom. The van der Waals surface area contributed by atoms with E-state index in [1.807, 2.05) is 20.8 Å². The summed E-state index contributed by atoms with van der Waals surface area (Å²) in [6.45, 7) is 17.0. The van der Waals surface area contributed by atoms with E-state index in [-0.39, 0.29) is 12.1 Å². The number of alkyl carbamates (subject to hydrolysis) is 1. The summed E-state index contributed by atoms with van der Waals surface area (Å²) in [4.78, 5) is 21.7. The maximum Gasteiger partial charge on any atom is 0.407 e. The molecular formula is C20H39N5O2. The third-order valence-corrected chi connectivity index (χ3v) is 4.95. The summed E-state index contributed by atoms with van der Waals surface area (Å²) in [6.07, 6.45) is 3.04. The largest absolute Gasteiger partial charge is 0.444 e. The van der Waals surface area contributed by atoms with Crippen LogP contribution in [0.4, 0.5) is 4.79 Å². The Balaban J connectivity index is 1.83. The fourth-order valence-electron chi connectivity index (χ4n) is 3.77. The first-order valence-electron chi connectivity index (χ1n) is 10.6. The number of likely N-dealkylation sites (tertiary alicyclic amines) is 2. The minimum absolute atomic E-state index is 0.107. The quantitative estimate of drug-likeness (QED) is 0.546. The minimum atomic E-state index is -0.467. The van der Waals surface area contributed by atoms with E-state index in [0.717, 1.165) is 38.6 Å². The molecule has 2 N–H and O–H groups in total. The second kappa shape index (κ2) is 10.2. The first-order chi connectivity index (χ1) is 12.8. The molecule has 0 bridgehead atoms. The molecule has 2 heterocycles. The standard InChI is InChI=1S/C20H39N5O2/c1-6-10-24-11-8-16(14-24)13-22-18(21-7-2)25-12-9-17(15-25)23-19(26)27-20(3,4)5/h16-17H,6-15H2,1-5H3,(H,21,22)(H,23,26). The van der Waals surface area contributed by atoms with Gasteiger partial charge in [0.05, 0.1) is 6.04 Å². The molecule has 1 amide bonds. The van der Waals surface area contributed by atoms with Crippen molar-refractivity contribution in [1.82, 2.24) is 20.4 Å². The lowest BCUT2D eigenvalue weighted by molar-refractivity contribution is 0.0507. The van der Waals surface area contributed by atoms with Crippen LogP contribution < -0.4 is 10.6 Å². The van der Waals surface area contributed by atoms with E-state index >= 15 is 0 Å². The van der Waals surface area contributed by atoms with Crippen molar-refractivity contribution in [2.75, 3.05) is 45.8 Å². The van der Waals surface area contributed by atoms with Crippen LogP contribution in [0, 0.1) is 5.92 Å². The van der Waals surface area contributed by atoms with Crippen LogP contribution in [0.15, 0.2) is 4.99 Å². The molecule has 7 heteroatoms. The van der Waals surface area contributed by atoms with Crippen molar-refractivity contribution in [2.24, 2.45) is 10.9 Å². The van der Waals surface area contributed by atoms with Crippen LogP contribution in [0.3, 0.4) is 0 Å². The van der Waals surface area contributed by atoms with Crippen LogP contribution in [-0.2, 0) is 4.74 Å². The minimum Gasteiger partial charge on any atom is -0.444 e. The highest BCUT2D eigenvalue weighted by Gasteiger charge is 2.28. The number of nitrogens with one attached hydrogen (secondary N) is 2. The number of rotatable bonds is 6. The number of nitrogens with zero attached hydrogens (tertiary/aromatic N) is 3. The molecule has 2 unspecified atom stereocenters. The lowest BCUT2D eigenvalue weighted by atomic mass is 10.1. The molecule has 0 aromatic heterocycles. The van der Waals surface area contributed by atoms with Gasteiger partial charge in [0.1, 0.15) is 5.60 Å². The fourth-order valence-corrected chi connectivity index (χ4v) is 3.77. The molecule has 0 saturated carbocycles. The maximum absolute atomic E-state index is 12.0. The van der Waals surface area contributed by atoms with Crippen LogP contribution in [0.1, 0.15) is 53.9 Å². The van der Waals surface area contributed by atoms with Crippen molar-refractivity contribution in [3.05, 3.63) is 0 Å². The van der Waals surface area contributed by atoms with Crippen molar-refractivity contribution in [1.29, 1.82) is 0 Å². The van der Waals surface area contributed by atoms with E-state index in [9.17, 15) is 4.79 Å². The first-order valence-corrected chi connectivity index (χ1v) is 10.6. The Bertz CT molecular complexity index is 503. The smallest absolute Gasteiger partial charge is 0.407 e. The van der Waals surface area contributed by atoms with Gasteiger partial charge in [-0.15, -0.1) is 0 Å². The Kier molecular flexibility index (Phi) is 8.20. The van der Waals surface area contributed by atoms with Crippen molar-refractivity contribution in [3.8, 4) is 0 Å². The number of hydrogen-bond acceptors (Lipinski definition) is 4. The van der Waals surface area contributed by atoms with E-state index in [1.165, 1.54) is 32.5 Å². The average Bonchev–Trinajstić information content (AvgIpc) is 3.19. The van der Waals surface area contributed by atoms with E-state index in [1.54, 1.807) is 0 Å². The third kappa shape index (κ3) is 7.56. The van der Waals surface area contributed by atoms with Crippen molar-refractivity contribution in [3.63, 3.8) is 0 Å².